The van der Waals surface area contributed by atoms with Crippen LogP contribution in [0.1, 0.15) is 72.1 Å². The molecule has 2 rings (SSSR count). The zero-order valence-electron chi connectivity index (χ0n) is 17.8. The van der Waals surface area contributed by atoms with Gasteiger partial charge in [0.2, 0.25) is 5.91 Å². The third-order valence-corrected chi connectivity index (χ3v) is 5.23. The van der Waals surface area contributed by atoms with Crippen LogP contribution in [0.15, 0.2) is 24.3 Å². The van der Waals surface area contributed by atoms with Crippen LogP contribution < -0.4 is 9.64 Å². The molecule has 0 aromatic heterocycles. The van der Waals surface area contributed by atoms with Crippen molar-refractivity contribution in [2.75, 3.05) is 24.6 Å². The van der Waals surface area contributed by atoms with Crippen LogP contribution in [-0.2, 0) is 9.59 Å². The molecule has 5 nitrogen and oxygen atoms in total. The Balaban J connectivity index is 2.07. The average Bonchev–Trinajstić information content (AvgIpc) is 3.00. The Labute approximate surface area is 170 Å². The van der Waals surface area contributed by atoms with E-state index in [0.29, 0.717) is 12.3 Å². The van der Waals surface area contributed by atoms with Crippen LogP contribution in [0.5, 0.6) is 5.75 Å². The summed E-state index contributed by atoms with van der Waals surface area (Å²) < 4.78 is 5.60. The summed E-state index contributed by atoms with van der Waals surface area (Å²) in [5.41, 5.74) is 0.642. The van der Waals surface area contributed by atoms with Crippen molar-refractivity contribution in [2.24, 2.45) is 0 Å². The predicted molar refractivity (Wildman–Crippen MR) is 114 cm³/mol. The van der Waals surface area contributed by atoms with Crippen LogP contribution in [-0.4, -0.2) is 42.5 Å². The topological polar surface area (TPSA) is 49.9 Å². The number of anilines is 1. The molecule has 1 heterocycles. The maximum atomic E-state index is 13.1. The van der Waals surface area contributed by atoms with Gasteiger partial charge in [-0.05, 0) is 56.6 Å². The molecule has 2 amide bonds. The molecule has 1 aromatic carbocycles. The van der Waals surface area contributed by atoms with E-state index >= 15 is 0 Å². The van der Waals surface area contributed by atoms with Gasteiger partial charge in [-0.2, -0.15) is 0 Å². The molecule has 1 fully saturated rings. The van der Waals surface area contributed by atoms with Crippen molar-refractivity contribution in [3.05, 3.63) is 24.3 Å². The molecule has 0 spiro atoms. The van der Waals surface area contributed by atoms with Gasteiger partial charge in [-0.15, -0.1) is 0 Å². The number of unbranched alkanes of at least 4 members (excludes halogenated alkanes) is 4. The first-order chi connectivity index (χ1) is 13.6. The molecule has 1 aliphatic heterocycles. The highest BCUT2D eigenvalue weighted by molar-refractivity contribution is 6.22. The van der Waals surface area contributed by atoms with E-state index in [9.17, 15) is 9.59 Å². The SMILES string of the molecule is CCCCCN(CCCCC)C1CC(=O)N(c2ccc(OCCC)cc2)C1=O. The zero-order valence-corrected chi connectivity index (χ0v) is 17.8. The van der Waals surface area contributed by atoms with Crippen molar-refractivity contribution in [3.8, 4) is 5.75 Å². The van der Waals surface area contributed by atoms with E-state index in [1.165, 1.54) is 4.90 Å². The third-order valence-electron chi connectivity index (χ3n) is 5.23. The first-order valence-electron chi connectivity index (χ1n) is 11.0. The fraction of sp³-hybridized carbons (Fsp3) is 0.652. The van der Waals surface area contributed by atoms with E-state index in [1.807, 2.05) is 24.3 Å². The van der Waals surface area contributed by atoms with Gasteiger partial charge in [0.1, 0.15) is 5.75 Å². The molecule has 1 saturated heterocycles. The maximum absolute atomic E-state index is 13.1. The summed E-state index contributed by atoms with van der Waals surface area (Å²) in [7, 11) is 0. The first kappa shape index (κ1) is 22.4. The zero-order chi connectivity index (χ0) is 20.4. The van der Waals surface area contributed by atoms with Crippen molar-refractivity contribution in [1.29, 1.82) is 0 Å². The number of carbonyl (C=O) groups excluding carboxylic acids is 2. The minimum Gasteiger partial charge on any atom is -0.494 e. The van der Waals surface area contributed by atoms with E-state index in [2.05, 4.69) is 25.7 Å². The molecule has 0 radical (unpaired) electrons. The normalized spacial score (nSPS) is 17.0. The highest BCUT2D eigenvalue weighted by atomic mass is 16.5. The minimum absolute atomic E-state index is 0.0831. The molecule has 1 unspecified atom stereocenters. The molecular weight excluding hydrogens is 352 g/mol. The summed E-state index contributed by atoms with van der Waals surface area (Å²) in [4.78, 5) is 29.4. The number of imide groups is 1. The van der Waals surface area contributed by atoms with Crippen LogP contribution in [0.2, 0.25) is 0 Å². The lowest BCUT2D eigenvalue weighted by Crippen LogP contribution is -2.43. The van der Waals surface area contributed by atoms with Crippen molar-refractivity contribution in [3.63, 3.8) is 0 Å². The summed E-state index contributed by atoms with van der Waals surface area (Å²) in [6.07, 6.45) is 7.99. The van der Waals surface area contributed by atoms with Crippen LogP contribution in [0.25, 0.3) is 0 Å². The number of amides is 2. The van der Waals surface area contributed by atoms with Crippen molar-refractivity contribution >= 4 is 17.5 Å². The van der Waals surface area contributed by atoms with Gasteiger partial charge in [-0.3, -0.25) is 14.5 Å². The molecule has 1 aromatic rings. The Kier molecular flexibility index (Phi) is 9.48. The molecule has 0 saturated carbocycles. The number of rotatable bonds is 13. The standard InChI is InChI=1S/C23H36N2O3/c1-4-7-9-15-24(16-10-8-5-2)21-18-22(26)25(23(21)27)19-11-13-20(14-12-19)28-17-6-3/h11-14,21H,4-10,15-18H2,1-3H3. The van der Waals surface area contributed by atoms with Gasteiger partial charge < -0.3 is 4.74 Å². The monoisotopic (exact) mass is 388 g/mol. The lowest BCUT2D eigenvalue weighted by Gasteiger charge is -2.27. The van der Waals surface area contributed by atoms with E-state index in [-0.39, 0.29) is 24.3 Å². The molecule has 0 aliphatic carbocycles. The summed E-state index contributed by atoms with van der Waals surface area (Å²) in [5.74, 6) is 0.579. The second kappa shape index (κ2) is 11.8. The molecule has 1 atom stereocenters. The molecule has 0 N–H and O–H groups in total. The van der Waals surface area contributed by atoms with Gasteiger partial charge in [0.05, 0.1) is 24.8 Å². The first-order valence-corrected chi connectivity index (χ1v) is 11.0. The second-order valence-corrected chi connectivity index (χ2v) is 7.58. The fourth-order valence-electron chi connectivity index (χ4n) is 3.64. The van der Waals surface area contributed by atoms with Crippen molar-refractivity contribution in [1.82, 2.24) is 4.90 Å². The van der Waals surface area contributed by atoms with Crippen molar-refractivity contribution < 1.29 is 14.3 Å². The maximum Gasteiger partial charge on any atom is 0.251 e. The van der Waals surface area contributed by atoms with Crippen LogP contribution in [0.4, 0.5) is 5.69 Å². The Morgan fingerprint density at radius 3 is 2.07 bits per heavy atom. The summed E-state index contributed by atoms with van der Waals surface area (Å²) in [6.45, 7) is 8.86. The number of hydrogen-bond acceptors (Lipinski definition) is 4. The number of nitrogens with zero attached hydrogens (tertiary/aromatic N) is 2. The smallest absolute Gasteiger partial charge is 0.251 e. The average molecular weight is 389 g/mol. The number of hydrogen-bond donors (Lipinski definition) is 0. The molecule has 1 aliphatic rings. The number of ether oxygens (including phenoxy) is 1. The van der Waals surface area contributed by atoms with Gasteiger partial charge in [0, 0.05) is 0 Å². The third kappa shape index (κ3) is 6.06. The summed E-state index contributed by atoms with van der Waals surface area (Å²) in [6, 6.07) is 6.96. The van der Waals surface area contributed by atoms with E-state index in [4.69, 9.17) is 4.74 Å². The summed E-state index contributed by atoms with van der Waals surface area (Å²) >= 11 is 0. The Morgan fingerprint density at radius 1 is 0.929 bits per heavy atom. The number of benzene rings is 1. The largest absolute Gasteiger partial charge is 0.494 e. The molecule has 156 valence electrons. The Bertz CT molecular complexity index is 605. The lowest BCUT2D eigenvalue weighted by molar-refractivity contribution is -0.123. The Morgan fingerprint density at radius 2 is 1.54 bits per heavy atom. The molecule has 0 bridgehead atoms. The Hall–Kier alpha value is -1.88. The molecule has 28 heavy (non-hydrogen) atoms. The van der Waals surface area contributed by atoms with Gasteiger partial charge in [0.15, 0.2) is 0 Å². The van der Waals surface area contributed by atoms with Crippen LogP contribution >= 0.6 is 0 Å². The molecule has 5 heteroatoms. The van der Waals surface area contributed by atoms with Gasteiger partial charge in [-0.25, -0.2) is 4.90 Å². The van der Waals surface area contributed by atoms with Crippen LogP contribution in [0, 0.1) is 0 Å². The predicted octanol–water partition coefficient (Wildman–Crippen LogP) is 4.79. The quantitative estimate of drug-likeness (QED) is 0.360. The minimum atomic E-state index is -0.322. The van der Waals surface area contributed by atoms with Gasteiger partial charge in [-0.1, -0.05) is 46.5 Å². The summed E-state index contributed by atoms with van der Waals surface area (Å²) in [5, 5.41) is 0. The van der Waals surface area contributed by atoms with Gasteiger partial charge >= 0.3 is 0 Å². The highest BCUT2D eigenvalue weighted by Gasteiger charge is 2.42. The fourth-order valence-corrected chi connectivity index (χ4v) is 3.64. The van der Waals surface area contributed by atoms with E-state index in [0.717, 1.165) is 63.8 Å². The number of carbonyl (C=O) groups is 2. The van der Waals surface area contributed by atoms with Crippen molar-refractivity contribution in [2.45, 2.75) is 78.2 Å². The lowest BCUT2D eigenvalue weighted by atomic mass is 10.1. The second-order valence-electron chi connectivity index (χ2n) is 7.58. The van der Waals surface area contributed by atoms with Gasteiger partial charge in [0.25, 0.3) is 5.91 Å². The highest BCUT2D eigenvalue weighted by Crippen LogP contribution is 2.28. The van der Waals surface area contributed by atoms with E-state index in [1.54, 1.807) is 0 Å². The van der Waals surface area contributed by atoms with Crippen LogP contribution in [0.3, 0.4) is 0 Å². The van der Waals surface area contributed by atoms with E-state index < -0.39 is 0 Å². The molecular formula is C23H36N2O3.